The summed E-state index contributed by atoms with van der Waals surface area (Å²) in [5.74, 6) is 0.618. The number of carbonyl (C=O) groups is 2. The van der Waals surface area contributed by atoms with Gasteiger partial charge >= 0.3 is 12.0 Å². The van der Waals surface area contributed by atoms with E-state index in [1.807, 2.05) is 6.92 Å². The van der Waals surface area contributed by atoms with Crippen LogP contribution in [0.3, 0.4) is 0 Å². The Kier molecular flexibility index (Phi) is 4.17. The van der Waals surface area contributed by atoms with Crippen molar-refractivity contribution in [2.24, 2.45) is 0 Å². The maximum atomic E-state index is 12.4. The molecule has 8 nitrogen and oxygen atoms in total. The zero-order valence-electron chi connectivity index (χ0n) is 11.5. The Morgan fingerprint density at radius 1 is 1.60 bits per heavy atom. The smallest absolute Gasteiger partial charge is 0.327 e. The van der Waals surface area contributed by atoms with Crippen LogP contribution in [-0.4, -0.2) is 66.3 Å². The van der Waals surface area contributed by atoms with Crippen molar-refractivity contribution in [2.75, 3.05) is 12.8 Å². The first kappa shape index (κ1) is 14.6. The molecule has 0 radical (unpaired) electrons. The minimum atomic E-state index is -0.975. The normalized spacial score (nSPS) is 22.1. The lowest BCUT2D eigenvalue weighted by Crippen LogP contribution is -2.49. The lowest BCUT2D eigenvalue weighted by atomic mass is 10.3. The lowest BCUT2D eigenvalue weighted by molar-refractivity contribution is -0.141. The van der Waals surface area contributed by atoms with Gasteiger partial charge in [0, 0.05) is 12.8 Å². The Hall–Kier alpha value is -1.77. The summed E-state index contributed by atoms with van der Waals surface area (Å²) in [7, 11) is 1.61. The number of amides is 2. The molecule has 1 aromatic rings. The van der Waals surface area contributed by atoms with Crippen molar-refractivity contribution in [2.45, 2.75) is 31.8 Å². The summed E-state index contributed by atoms with van der Waals surface area (Å²) >= 11 is 1.46. The highest BCUT2D eigenvalue weighted by atomic mass is 32.2. The minimum Gasteiger partial charge on any atom is -0.480 e. The maximum Gasteiger partial charge on any atom is 0.327 e. The van der Waals surface area contributed by atoms with Crippen LogP contribution in [0.1, 0.15) is 18.6 Å². The Morgan fingerprint density at radius 2 is 2.30 bits per heavy atom. The predicted molar refractivity (Wildman–Crippen MR) is 73.2 cm³/mol. The first-order valence-electron chi connectivity index (χ1n) is 6.16. The van der Waals surface area contributed by atoms with Gasteiger partial charge in [-0.3, -0.25) is 10.00 Å². The predicted octanol–water partition coefficient (Wildman–Crippen LogP) is 0.513. The van der Waals surface area contributed by atoms with Crippen LogP contribution >= 0.6 is 11.8 Å². The zero-order valence-corrected chi connectivity index (χ0v) is 12.3. The summed E-state index contributed by atoms with van der Waals surface area (Å²) in [5, 5.41) is 15.7. The van der Waals surface area contributed by atoms with Crippen molar-refractivity contribution in [3.63, 3.8) is 0 Å². The standard InChI is InChI=1S/C11H17N5O3S/c1-6-12-9(14-13-6)4-15(3)11(19)16-7(2)20-5-8(16)10(17)18/h7-8H,4-5H2,1-3H3,(H,17,18)(H,12,13,14). The van der Waals surface area contributed by atoms with E-state index in [9.17, 15) is 9.59 Å². The molecule has 2 N–H and O–H groups in total. The molecule has 0 spiro atoms. The molecule has 2 atom stereocenters. The Labute approximate surface area is 120 Å². The fourth-order valence-electron chi connectivity index (χ4n) is 2.06. The molecular weight excluding hydrogens is 282 g/mol. The number of urea groups is 1. The van der Waals surface area contributed by atoms with Crippen LogP contribution in [0.2, 0.25) is 0 Å². The Balaban J connectivity index is 2.07. The van der Waals surface area contributed by atoms with Crippen LogP contribution in [0.15, 0.2) is 0 Å². The molecule has 110 valence electrons. The SMILES string of the molecule is Cc1nc(CN(C)C(=O)N2C(C)SCC2C(=O)O)n[nH]1. The summed E-state index contributed by atoms with van der Waals surface area (Å²) in [4.78, 5) is 30.5. The van der Waals surface area contributed by atoms with E-state index in [1.165, 1.54) is 21.6 Å². The van der Waals surface area contributed by atoms with E-state index in [0.717, 1.165) is 0 Å². The van der Waals surface area contributed by atoms with E-state index >= 15 is 0 Å². The van der Waals surface area contributed by atoms with Crippen LogP contribution in [0.4, 0.5) is 4.79 Å². The molecule has 1 aromatic heterocycles. The summed E-state index contributed by atoms with van der Waals surface area (Å²) in [5.41, 5.74) is 0. The number of H-pyrrole nitrogens is 1. The number of aliphatic carboxylic acids is 1. The number of carboxylic acid groups (broad SMARTS) is 1. The average molecular weight is 299 g/mol. The van der Waals surface area contributed by atoms with Crippen molar-refractivity contribution in [1.29, 1.82) is 0 Å². The fourth-order valence-corrected chi connectivity index (χ4v) is 3.22. The van der Waals surface area contributed by atoms with Crippen LogP contribution < -0.4 is 0 Å². The molecule has 1 aliphatic rings. The molecular formula is C11H17N5O3S. The lowest BCUT2D eigenvalue weighted by Gasteiger charge is -2.29. The van der Waals surface area contributed by atoms with E-state index in [4.69, 9.17) is 5.11 Å². The van der Waals surface area contributed by atoms with E-state index in [2.05, 4.69) is 15.2 Å². The van der Waals surface area contributed by atoms with Crippen LogP contribution in [-0.2, 0) is 11.3 Å². The third kappa shape index (κ3) is 2.87. The van der Waals surface area contributed by atoms with Gasteiger partial charge < -0.3 is 10.0 Å². The van der Waals surface area contributed by atoms with Gasteiger partial charge in [-0.25, -0.2) is 14.6 Å². The van der Waals surface area contributed by atoms with E-state index in [0.29, 0.717) is 17.4 Å². The van der Waals surface area contributed by atoms with Gasteiger partial charge in [0.15, 0.2) is 5.82 Å². The highest BCUT2D eigenvalue weighted by molar-refractivity contribution is 8.00. The number of carboxylic acids is 1. The monoisotopic (exact) mass is 299 g/mol. The minimum absolute atomic E-state index is 0.153. The largest absolute Gasteiger partial charge is 0.480 e. The molecule has 2 unspecified atom stereocenters. The number of aromatic amines is 1. The molecule has 0 aromatic carbocycles. The quantitative estimate of drug-likeness (QED) is 0.843. The number of thioether (sulfide) groups is 1. The molecule has 20 heavy (non-hydrogen) atoms. The summed E-state index contributed by atoms with van der Waals surface area (Å²) in [6.45, 7) is 3.84. The first-order chi connectivity index (χ1) is 9.40. The van der Waals surface area contributed by atoms with E-state index in [1.54, 1.807) is 14.0 Å². The topological polar surface area (TPSA) is 102 Å². The summed E-state index contributed by atoms with van der Waals surface area (Å²) in [6, 6.07) is -1.10. The maximum absolute atomic E-state index is 12.4. The Morgan fingerprint density at radius 3 is 2.85 bits per heavy atom. The second-order valence-electron chi connectivity index (χ2n) is 4.67. The van der Waals surface area contributed by atoms with Crippen molar-refractivity contribution in [3.8, 4) is 0 Å². The van der Waals surface area contributed by atoms with Gasteiger partial charge in [-0.2, -0.15) is 5.10 Å². The third-order valence-corrected chi connectivity index (χ3v) is 4.30. The highest BCUT2D eigenvalue weighted by Gasteiger charge is 2.40. The molecule has 2 heterocycles. The summed E-state index contributed by atoms with van der Waals surface area (Å²) < 4.78 is 0. The second kappa shape index (κ2) is 5.70. The zero-order chi connectivity index (χ0) is 14.9. The van der Waals surface area contributed by atoms with Crippen LogP contribution in [0, 0.1) is 6.92 Å². The molecule has 1 aliphatic heterocycles. The van der Waals surface area contributed by atoms with Crippen LogP contribution in [0.25, 0.3) is 0 Å². The van der Waals surface area contributed by atoms with Crippen molar-refractivity contribution < 1.29 is 14.7 Å². The van der Waals surface area contributed by atoms with Gasteiger partial charge in [0.2, 0.25) is 0 Å². The van der Waals surface area contributed by atoms with Gasteiger partial charge in [0.05, 0.1) is 11.9 Å². The molecule has 2 rings (SSSR count). The first-order valence-corrected chi connectivity index (χ1v) is 7.20. The number of carbonyl (C=O) groups excluding carboxylic acids is 1. The second-order valence-corrected chi connectivity index (χ2v) is 6.02. The van der Waals surface area contributed by atoms with Gasteiger partial charge in [-0.05, 0) is 13.8 Å². The number of hydrogen-bond donors (Lipinski definition) is 2. The molecule has 1 saturated heterocycles. The molecule has 0 aliphatic carbocycles. The van der Waals surface area contributed by atoms with Gasteiger partial charge in [-0.15, -0.1) is 11.8 Å². The molecule has 9 heteroatoms. The third-order valence-electron chi connectivity index (χ3n) is 3.08. The number of nitrogens with zero attached hydrogens (tertiary/aromatic N) is 4. The number of hydrogen-bond acceptors (Lipinski definition) is 5. The fraction of sp³-hybridized carbons (Fsp3) is 0.636. The van der Waals surface area contributed by atoms with Gasteiger partial charge in [0.25, 0.3) is 0 Å². The number of aromatic nitrogens is 3. The van der Waals surface area contributed by atoms with E-state index < -0.39 is 12.0 Å². The molecule has 0 bridgehead atoms. The van der Waals surface area contributed by atoms with Gasteiger partial charge in [0.1, 0.15) is 11.9 Å². The number of aryl methyl sites for hydroxylation is 1. The van der Waals surface area contributed by atoms with Crippen LogP contribution in [0.5, 0.6) is 0 Å². The average Bonchev–Trinajstić information content (AvgIpc) is 2.94. The molecule has 0 saturated carbocycles. The van der Waals surface area contributed by atoms with Crippen molar-refractivity contribution in [1.82, 2.24) is 25.0 Å². The summed E-state index contributed by atoms with van der Waals surface area (Å²) in [6.07, 6.45) is 0. The van der Waals surface area contributed by atoms with Crippen molar-refractivity contribution >= 4 is 23.8 Å². The van der Waals surface area contributed by atoms with E-state index in [-0.39, 0.29) is 17.9 Å². The number of rotatable bonds is 3. The Bertz CT molecular complexity index is 520. The number of nitrogens with one attached hydrogen (secondary N) is 1. The van der Waals surface area contributed by atoms with Crippen molar-refractivity contribution in [3.05, 3.63) is 11.6 Å². The molecule has 2 amide bonds. The highest BCUT2D eigenvalue weighted by Crippen LogP contribution is 2.29. The van der Waals surface area contributed by atoms with Gasteiger partial charge in [-0.1, -0.05) is 0 Å². The molecule has 1 fully saturated rings.